The van der Waals surface area contributed by atoms with E-state index in [1.54, 1.807) is 19.9 Å². The minimum atomic E-state index is -4.41. The smallest absolute Gasteiger partial charge is 0.392 e. The van der Waals surface area contributed by atoms with E-state index in [1.807, 2.05) is 0 Å². The molecule has 0 aliphatic rings. The predicted molar refractivity (Wildman–Crippen MR) is 77.5 cm³/mol. The van der Waals surface area contributed by atoms with Crippen molar-refractivity contribution in [2.75, 3.05) is 13.6 Å². The van der Waals surface area contributed by atoms with E-state index in [1.165, 1.54) is 24.1 Å². The molecule has 2 amide bonds. The zero-order chi connectivity index (χ0) is 16.9. The number of carbonyl (C=O) groups excluding carboxylic acids is 1. The van der Waals surface area contributed by atoms with Crippen molar-refractivity contribution in [3.63, 3.8) is 0 Å². The van der Waals surface area contributed by atoms with Crippen LogP contribution in [0.3, 0.4) is 0 Å². The van der Waals surface area contributed by atoms with Gasteiger partial charge in [-0.3, -0.25) is 0 Å². The van der Waals surface area contributed by atoms with E-state index in [0.29, 0.717) is 0 Å². The molecule has 7 heteroatoms. The van der Waals surface area contributed by atoms with Crippen LogP contribution in [-0.4, -0.2) is 41.8 Å². The number of hydrogen-bond acceptors (Lipinski definition) is 2. The number of urea groups is 1. The zero-order valence-electron chi connectivity index (χ0n) is 12.8. The number of likely N-dealkylation sites (N-methyl/N-ethyl adjacent to an activating group) is 1. The highest BCUT2D eigenvalue weighted by Gasteiger charge is 2.33. The van der Waals surface area contributed by atoms with Gasteiger partial charge in [0.15, 0.2) is 0 Å². The number of benzene rings is 1. The highest BCUT2D eigenvalue weighted by atomic mass is 19.4. The summed E-state index contributed by atoms with van der Waals surface area (Å²) < 4.78 is 38.7. The van der Waals surface area contributed by atoms with Crippen LogP contribution < -0.4 is 5.32 Å². The Labute approximate surface area is 127 Å². The van der Waals surface area contributed by atoms with E-state index >= 15 is 0 Å². The van der Waals surface area contributed by atoms with Crippen LogP contribution in [0.25, 0.3) is 0 Å². The predicted octanol–water partition coefficient (Wildman–Crippen LogP) is 2.66. The Morgan fingerprint density at radius 2 is 1.91 bits per heavy atom. The minimum Gasteiger partial charge on any atom is -0.392 e. The molecule has 0 aliphatic heterocycles. The van der Waals surface area contributed by atoms with Crippen LogP contribution in [0.15, 0.2) is 24.3 Å². The van der Waals surface area contributed by atoms with Gasteiger partial charge in [-0.05, 0) is 31.9 Å². The Hall–Kier alpha value is -1.76. The fourth-order valence-corrected chi connectivity index (χ4v) is 2.16. The molecule has 0 heterocycles. The molecule has 1 aromatic rings. The maximum Gasteiger partial charge on any atom is 0.416 e. The first-order valence-electron chi connectivity index (χ1n) is 6.96. The molecule has 0 radical (unpaired) electrons. The van der Waals surface area contributed by atoms with Gasteiger partial charge in [-0.25, -0.2) is 4.79 Å². The van der Waals surface area contributed by atoms with E-state index in [4.69, 9.17) is 0 Å². The maximum atomic E-state index is 12.9. The summed E-state index contributed by atoms with van der Waals surface area (Å²) in [4.78, 5) is 13.1. The Bertz CT molecular complexity index is 504. The lowest BCUT2D eigenvalue weighted by molar-refractivity contribution is -0.138. The summed E-state index contributed by atoms with van der Waals surface area (Å²) in [6, 6.07) is 4.42. The summed E-state index contributed by atoms with van der Waals surface area (Å²) in [5.41, 5.74) is -0.547. The average Bonchev–Trinajstić information content (AvgIpc) is 2.36. The third kappa shape index (κ3) is 5.55. The molecule has 0 unspecified atom stereocenters. The van der Waals surface area contributed by atoms with Crippen LogP contribution in [0.2, 0.25) is 0 Å². The van der Waals surface area contributed by atoms with Crippen molar-refractivity contribution in [2.45, 2.75) is 38.6 Å². The molecular formula is C15H21F3N2O2. The second-order valence-corrected chi connectivity index (χ2v) is 5.44. The van der Waals surface area contributed by atoms with Gasteiger partial charge >= 0.3 is 12.2 Å². The molecule has 0 spiro atoms. The number of nitrogens with zero attached hydrogens (tertiary/aromatic N) is 1. The lowest BCUT2D eigenvalue weighted by atomic mass is 10.0. The monoisotopic (exact) mass is 318 g/mol. The van der Waals surface area contributed by atoms with Crippen LogP contribution in [0.4, 0.5) is 18.0 Å². The Kier molecular flexibility index (Phi) is 6.22. The van der Waals surface area contributed by atoms with E-state index in [-0.39, 0.29) is 18.5 Å². The highest BCUT2D eigenvalue weighted by Crippen LogP contribution is 2.32. The number of amides is 2. The van der Waals surface area contributed by atoms with Crippen LogP contribution in [0, 0.1) is 0 Å². The molecule has 22 heavy (non-hydrogen) atoms. The van der Waals surface area contributed by atoms with Gasteiger partial charge in [0.1, 0.15) is 0 Å². The van der Waals surface area contributed by atoms with Gasteiger partial charge in [-0.2, -0.15) is 13.2 Å². The number of alkyl halides is 3. The zero-order valence-corrected chi connectivity index (χ0v) is 12.8. The van der Waals surface area contributed by atoms with E-state index < -0.39 is 29.9 Å². The largest absolute Gasteiger partial charge is 0.416 e. The van der Waals surface area contributed by atoms with Gasteiger partial charge in [0.25, 0.3) is 0 Å². The quantitative estimate of drug-likeness (QED) is 0.877. The highest BCUT2D eigenvalue weighted by molar-refractivity contribution is 5.74. The summed E-state index contributed by atoms with van der Waals surface area (Å²) in [7, 11) is 1.51. The van der Waals surface area contributed by atoms with E-state index in [2.05, 4.69) is 5.32 Å². The van der Waals surface area contributed by atoms with Gasteiger partial charge in [-0.15, -0.1) is 0 Å². The molecule has 1 rings (SSSR count). The average molecular weight is 318 g/mol. The van der Waals surface area contributed by atoms with Crippen molar-refractivity contribution < 1.29 is 23.1 Å². The first kappa shape index (κ1) is 18.3. The lowest BCUT2D eigenvalue weighted by Gasteiger charge is -2.23. The molecule has 0 aromatic heterocycles. The number of hydrogen-bond donors (Lipinski definition) is 2. The Balaban J connectivity index is 2.70. The Morgan fingerprint density at radius 1 is 1.32 bits per heavy atom. The Morgan fingerprint density at radius 3 is 2.45 bits per heavy atom. The number of aliphatic hydroxyl groups is 1. The summed E-state index contributed by atoms with van der Waals surface area (Å²) in [5, 5.41) is 11.8. The molecule has 1 aromatic carbocycles. The van der Waals surface area contributed by atoms with Crippen LogP contribution in [0.1, 0.15) is 25.0 Å². The van der Waals surface area contributed by atoms with Crippen LogP contribution >= 0.6 is 0 Å². The minimum absolute atomic E-state index is 0.0734. The summed E-state index contributed by atoms with van der Waals surface area (Å²) in [6.45, 7) is 3.34. The molecule has 124 valence electrons. The fourth-order valence-electron chi connectivity index (χ4n) is 2.16. The molecule has 0 saturated heterocycles. The van der Waals surface area contributed by atoms with Crippen molar-refractivity contribution in [3.05, 3.63) is 35.4 Å². The lowest BCUT2D eigenvalue weighted by Crippen LogP contribution is -2.45. The molecule has 0 aliphatic carbocycles. The van der Waals surface area contributed by atoms with Crippen LogP contribution in [-0.2, 0) is 12.6 Å². The van der Waals surface area contributed by atoms with Crippen molar-refractivity contribution in [1.82, 2.24) is 10.2 Å². The van der Waals surface area contributed by atoms with Crippen molar-refractivity contribution in [2.24, 2.45) is 0 Å². The molecule has 2 atom stereocenters. The molecule has 0 bridgehead atoms. The van der Waals surface area contributed by atoms with Gasteiger partial charge in [0.2, 0.25) is 0 Å². The van der Waals surface area contributed by atoms with E-state index in [9.17, 15) is 23.1 Å². The number of rotatable bonds is 5. The summed E-state index contributed by atoms with van der Waals surface area (Å²) in [6.07, 6.45) is -5.01. The van der Waals surface area contributed by atoms with Gasteiger partial charge in [-0.1, -0.05) is 18.2 Å². The standard InChI is InChI=1S/C15H21F3N2O2/c1-10(19-14(22)20(3)9-11(2)21)8-12-6-4-5-7-13(12)15(16,17)18/h4-7,10-11,21H,8-9H2,1-3H3,(H,19,22)/t10-,11-/m0/s1. The fraction of sp³-hybridized carbons (Fsp3) is 0.533. The van der Waals surface area contributed by atoms with Gasteiger partial charge < -0.3 is 15.3 Å². The topological polar surface area (TPSA) is 52.6 Å². The molecular weight excluding hydrogens is 297 g/mol. The maximum absolute atomic E-state index is 12.9. The molecule has 0 saturated carbocycles. The third-order valence-corrected chi connectivity index (χ3v) is 3.10. The summed E-state index contributed by atoms with van der Waals surface area (Å²) in [5.74, 6) is 0. The van der Waals surface area contributed by atoms with Crippen molar-refractivity contribution in [3.8, 4) is 0 Å². The number of carbonyl (C=O) groups is 1. The van der Waals surface area contributed by atoms with Gasteiger partial charge in [0.05, 0.1) is 11.7 Å². The van der Waals surface area contributed by atoms with Gasteiger partial charge in [0, 0.05) is 19.6 Å². The third-order valence-electron chi connectivity index (χ3n) is 3.10. The SMILES string of the molecule is C[C@H](O)CN(C)C(=O)N[C@@H](C)Cc1ccccc1C(F)(F)F. The summed E-state index contributed by atoms with van der Waals surface area (Å²) >= 11 is 0. The normalized spacial score (nSPS) is 14.3. The van der Waals surface area contributed by atoms with Crippen LogP contribution in [0.5, 0.6) is 0 Å². The molecule has 0 fully saturated rings. The van der Waals surface area contributed by atoms with E-state index in [0.717, 1.165) is 6.07 Å². The van der Waals surface area contributed by atoms with Crippen molar-refractivity contribution >= 4 is 6.03 Å². The number of aliphatic hydroxyl groups excluding tert-OH is 1. The number of halogens is 3. The molecule has 4 nitrogen and oxygen atoms in total. The second kappa shape index (κ2) is 7.49. The van der Waals surface area contributed by atoms with Crippen molar-refractivity contribution in [1.29, 1.82) is 0 Å². The molecule has 2 N–H and O–H groups in total. The second-order valence-electron chi connectivity index (χ2n) is 5.44. The first-order chi connectivity index (χ1) is 10.1. The first-order valence-corrected chi connectivity index (χ1v) is 6.96. The number of nitrogens with one attached hydrogen (secondary N) is 1.